The van der Waals surface area contributed by atoms with E-state index in [1.807, 2.05) is 24.6 Å². The van der Waals surface area contributed by atoms with E-state index >= 15 is 0 Å². The number of rotatable bonds is 5. The molecule has 0 bridgehead atoms. The van der Waals surface area contributed by atoms with Gasteiger partial charge in [0.15, 0.2) is 0 Å². The molecule has 1 aliphatic rings. The summed E-state index contributed by atoms with van der Waals surface area (Å²) in [6.45, 7) is 3.25. The number of methoxy groups -OCH3 is 1. The normalized spacial score (nSPS) is 12.5. The van der Waals surface area contributed by atoms with E-state index in [1.165, 1.54) is 7.11 Å². The SMILES string of the molecule is CCCn1cc2c(C(=O)OC)c(-c3cc4c(cc3C(=O)O)-c3sccc3CCO4)ccc2n1. The van der Waals surface area contributed by atoms with Gasteiger partial charge in [-0.15, -0.1) is 11.3 Å². The Morgan fingerprint density at radius 2 is 2.06 bits per heavy atom. The summed E-state index contributed by atoms with van der Waals surface area (Å²) in [6.07, 6.45) is 3.46. The summed E-state index contributed by atoms with van der Waals surface area (Å²) in [5.74, 6) is -1.01. The molecule has 0 radical (unpaired) electrons. The minimum atomic E-state index is -1.08. The van der Waals surface area contributed by atoms with Crippen LogP contribution in [0.2, 0.25) is 0 Å². The standard InChI is InChI=1S/C25H22N2O5S/c1-3-8-27-13-19-20(26-27)5-4-15(22(19)25(30)31-2)16-12-21-18(11-17(16)24(28)29)23-14(6-9-32-21)7-10-33-23/h4-5,7,10-13H,3,6,8-9H2,1-2H3,(H,28,29). The molecule has 1 aliphatic heterocycles. The average molecular weight is 463 g/mol. The Balaban J connectivity index is 1.79. The van der Waals surface area contributed by atoms with Gasteiger partial charge in [0.2, 0.25) is 0 Å². The Morgan fingerprint density at radius 3 is 2.82 bits per heavy atom. The van der Waals surface area contributed by atoms with E-state index in [-0.39, 0.29) is 5.56 Å². The average Bonchev–Trinajstić information content (AvgIpc) is 3.40. The molecular formula is C25H22N2O5S. The molecule has 0 unspecified atom stereocenters. The highest BCUT2D eigenvalue weighted by Crippen LogP contribution is 2.44. The summed E-state index contributed by atoms with van der Waals surface area (Å²) in [4.78, 5) is 26.3. The van der Waals surface area contributed by atoms with Gasteiger partial charge in [-0.3, -0.25) is 4.68 Å². The van der Waals surface area contributed by atoms with Crippen molar-refractivity contribution in [2.24, 2.45) is 0 Å². The maximum atomic E-state index is 12.9. The van der Waals surface area contributed by atoms with E-state index in [4.69, 9.17) is 9.47 Å². The first-order valence-electron chi connectivity index (χ1n) is 10.7. The van der Waals surface area contributed by atoms with Gasteiger partial charge in [-0.05, 0) is 47.2 Å². The fraction of sp³-hybridized carbons (Fsp3) is 0.240. The third-order valence-corrected chi connectivity index (χ3v) is 6.83. The highest BCUT2D eigenvalue weighted by molar-refractivity contribution is 7.13. The molecule has 168 valence electrons. The van der Waals surface area contributed by atoms with Crippen LogP contribution in [0.4, 0.5) is 0 Å². The summed E-state index contributed by atoms with van der Waals surface area (Å²) >= 11 is 1.57. The number of aromatic nitrogens is 2. The number of esters is 1. The molecule has 8 heteroatoms. The number of hydrogen-bond donors (Lipinski definition) is 1. The lowest BCUT2D eigenvalue weighted by Gasteiger charge is -2.16. The van der Waals surface area contributed by atoms with Crippen molar-refractivity contribution in [2.75, 3.05) is 13.7 Å². The lowest BCUT2D eigenvalue weighted by atomic mass is 9.91. The van der Waals surface area contributed by atoms with Crippen LogP contribution in [0, 0.1) is 0 Å². The van der Waals surface area contributed by atoms with Gasteiger partial charge in [0.25, 0.3) is 0 Å². The Labute approximate surface area is 194 Å². The summed E-state index contributed by atoms with van der Waals surface area (Å²) in [7, 11) is 1.32. The van der Waals surface area contributed by atoms with Gasteiger partial charge in [-0.25, -0.2) is 9.59 Å². The number of aryl methyl sites for hydroxylation is 1. The summed E-state index contributed by atoms with van der Waals surface area (Å²) in [5, 5.41) is 17.3. The maximum Gasteiger partial charge on any atom is 0.339 e. The predicted octanol–water partition coefficient (Wildman–Crippen LogP) is 5.26. The second-order valence-corrected chi connectivity index (χ2v) is 8.79. The molecule has 0 atom stereocenters. The third kappa shape index (κ3) is 3.56. The molecule has 4 aromatic rings. The lowest BCUT2D eigenvalue weighted by molar-refractivity contribution is 0.0602. The van der Waals surface area contributed by atoms with Crippen LogP contribution in [0.1, 0.15) is 39.6 Å². The van der Waals surface area contributed by atoms with E-state index in [0.29, 0.717) is 46.5 Å². The molecule has 0 aliphatic carbocycles. The first kappa shape index (κ1) is 21.2. The Hall–Kier alpha value is -3.65. The number of carboxylic acids is 1. The minimum absolute atomic E-state index is 0.101. The van der Waals surface area contributed by atoms with Crippen molar-refractivity contribution in [1.82, 2.24) is 9.78 Å². The van der Waals surface area contributed by atoms with Crippen molar-refractivity contribution in [3.8, 4) is 27.3 Å². The molecule has 33 heavy (non-hydrogen) atoms. The number of ether oxygens (including phenoxy) is 2. The molecule has 0 spiro atoms. The van der Waals surface area contributed by atoms with Crippen LogP contribution in [0.15, 0.2) is 41.9 Å². The summed E-state index contributed by atoms with van der Waals surface area (Å²) in [6, 6.07) is 8.97. The third-order valence-electron chi connectivity index (χ3n) is 5.84. The number of aromatic carboxylic acids is 1. The number of carboxylic acid groups (broad SMARTS) is 1. The summed E-state index contributed by atoms with van der Waals surface area (Å²) in [5.41, 5.74) is 3.84. The fourth-order valence-corrected chi connectivity index (χ4v) is 5.33. The second-order valence-electron chi connectivity index (χ2n) is 7.88. The zero-order valence-electron chi connectivity index (χ0n) is 18.3. The Bertz CT molecular complexity index is 1400. The molecule has 1 N–H and O–H groups in total. The van der Waals surface area contributed by atoms with Crippen LogP contribution in [0.25, 0.3) is 32.5 Å². The number of fused-ring (bicyclic) bond motifs is 4. The predicted molar refractivity (Wildman–Crippen MR) is 126 cm³/mol. The van der Waals surface area contributed by atoms with E-state index in [0.717, 1.165) is 28.8 Å². The molecule has 7 nitrogen and oxygen atoms in total. The van der Waals surface area contributed by atoms with Crippen LogP contribution in [-0.2, 0) is 17.7 Å². The number of nitrogens with zero attached hydrogens (tertiary/aromatic N) is 2. The van der Waals surface area contributed by atoms with E-state index in [9.17, 15) is 14.7 Å². The molecule has 2 aromatic carbocycles. The van der Waals surface area contributed by atoms with E-state index in [1.54, 1.807) is 40.3 Å². The van der Waals surface area contributed by atoms with Crippen molar-refractivity contribution in [1.29, 1.82) is 0 Å². The van der Waals surface area contributed by atoms with Crippen molar-refractivity contribution >= 4 is 34.2 Å². The smallest absolute Gasteiger partial charge is 0.339 e. The van der Waals surface area contributed by atoms with Gasteiger partial charge >= 0.3 is 11.9 Å². The van der Waals surface area contributed by atoms with Gasteiger partial charge in [0, 0.05) is 40.6 Å². The Morgan fingerprint density at radius 1 is 1.21 bits per heavy atom. The van der Waals surface area contributed by atoms with Gasteiger partial charge < -0.3 is 14.6 Å². The highest BCUT2D eigenvalue weighted by Gasteiger charge is 2.26. The highest BCUT2D eigenvalue weighted by atomic mass is 32.1. The quantitative estimate of drug-likeness (QED) is 0.407. The topological polar surface area (TPSA) is 90.7 Å². The summed E-state index contributed by atoms with van der Waals surface area (Å²) < 4.78 is 12.9. The number of thiophene rings is 1. The van der Waals surface area contributed by atoms with Crippen molar-refractivity contribution in [2.45, 2.75) is 26.3 Å². The van der Waals surface area contributed by atoms with Gasteiger partial charge in [-0.2, -0.15) is 5.10 Å². The van der Waals surface area contributed by atoms with Crippen LogP contribution in [-0.4, -0.2) is 40.5 Å². The lowest BCUT2D eigenvalue weighted by Crippen LogP contribution is -2.08. The molecule has 0 saturated carbocycles. The molecule has 0 saturated heterocycles. The van der Waals surface area contributed by atoms with Gasteiger partial charge in [0.05, 0.1) is 30.4 Å². The molecular weight excluding hydrogens is 440 g/mol. The van der Waals surface area contributed by atoms with Gasteiger partial charge in [0.1, 0.15) is 5.75 Å². The van der Waals surface area contributed by atoms with E-state index in [2.05, 4.69) is 5.10 Å². The second kappa shape index (κ2) is 8.37. The molecule has 0 fully saturated rings. The van der Waals surface area contributed by atoms with Crippen molar-refractivity contribution in [3.05, 3.63) is 58.6 Å². The first-order valence-corrected chi connectivity index (χ1v) is 11.6. The van der Waals surface area contributed by atoms with Crippen molar-refractivity contribution < 1.29 is 24.2 Å². The number of benzene rings is 2. The fourth-order valence-electron chi connectivity index (χ4n) is 4.35. The molecule has 0 amide bonds. The maximum absolute atomic E-state index is 12.9. The van der Waals surface area contributed by atoms with Crippen LogP contribution >= 0.6 is 11.3 Å². The number of carbonyl (C=O) groups excluding carboxylic acids is 1. The minimum Gasteiger partial charge on any atom is -0.493 e. The van der Waals surface area contributed by atoms with E-state index < -0.39 is 11.9 Å². The van der Waals surface area contributed by atoms with Gasteiger partial charge in [-0.1, -0.05) is 13.0 Å². The van der Waals surface area contributed by atoms with Crippen LogP contribution in [0.3, 0.4) is 0 Å². The molecule has 3 heterocycles. The van der Waals surface area contributed by atoms with Crippen LogP contribution < -0.4 is 4.74 Å². The monoisotopic (exact) mass is 462 g/mol. The Kier molecular flexibility index (Phi) is 5.38. The number of hydrogen-bond acceptors (Lipinski definition) is 6. The van der Waals surface area contributed by atoms with Crippen molar-refractivity contribution in [3.63, 3.8) is 0 Å². The van der Waals surface area contributed by atoms with Crippen LogP contribution in [0.5, 0.6) is 5.75 Å². The molecule has 5 rings (SSSR count). The first-order chi connectivity index (χ1) is 16.0. The zero-order valence-corrected chi connectivity index (χ0v) is 19.1. The molecule has 2 aromatic heterocycles. The number of carbonyl (C=O) groups is 2. The zero-order chi connectivity index (χ0) is 23.1. The largest absolute Gasteiger partial charge is 0.493 e.